The van der Waals surface area contributed by atoms with Gasteiger partial charge in [0.05, 0.1) is 41.2 Å². The fourth-order valence-electron chi connectivity index (χ4n) is 3.70. The van der Waals surface area contributed by atoms with Gasteiger partial charge in [0.2, 0.25) is 11.7 Å². The number of nitrogens with zero attached hydrogens (tertiary/aromatic N) is 4. The minimum Gasteiger partial charge on any atom is -0.460 e. The number of hydrogen-bond acceptors (Lipinski definition) is 9. The van der Waals surface area contributed by atoms with Gasteiger partial charge in [-0.15, -0.1) is 5.10 Å². The first kappa shape index (κ1) is 32.6. The lowest BCUT2D eigenvalue weighted by Crippen LogP contribution is -2.51. The molecule has 3 N–H and O–H groups in total. The van der Waals surface area contributed by atoms with Crippen LogP contribution in [-0.2, 0) is 19.1 Å². The standard InChI is InChI=1S/C26H31Cl4N7O4/c1-3-40-25(38)23(34-32-21-15-17(27)5-7-19(21)29)31-9-10-36-11-13-37(14-12-36)24(26(39)41-4-2)35-33-22-16-18(28)6-8-20(22)30/h5-8,15-16,32-33H,3-4,9-14H2,1-2H3,(H,31,34)/b35-24+. The molecule has 0 atom stereocenters. The van der Waals surface area contributed by atoms with Crippen molar-refractivity contribution >= 4 is 81.4 Å². The highest BCUT2D eigenvalue weighted by atomic mass is 35.5. The number of amidine groups is 2. The van der Waals surface area contributed by atoms with Gasteiger partial charge in [-0.1, -0.05) is 46.4 Å². The number of carbonyl (C=O) groups is 2. The van der Waals surface area contributed by atoms with Crippen LogP contribution in [0.5, 0.6) is 0 Å². The maximum atomic E-state index is 12.7. The Bertz CT molecular complexity index is 1270. The second-order valence-corrected chi connectivity index (χ2v) is 10.2. The maximum absolute atomic E-state index is 12.7. The van der Waals surface area contributed by atoms with Crippen molar-refractivity contribution in [1.82, 2.24) is 15.2 Å². The Kier molecular flexibility index (Phi) is 13.1. The van der Waals surface area contributed by atoms with Gasteiger partial charge in [-0.3, -0.25) is 26.2 Å². The molecule has 2 aromatic carbocycles. The Morgan fingerprint density at radius 3 is 2.07 bits per heavy atom. The molecule has 0 amide bonds. The summed E-state index contributed by atoms with van der Waals surface area (Å²) in [6.07, 6.45) is 0. The van der Waals surface area contributed by atoms with Crippen molar-refractivity contribution in [3.63, 3.8) is 0 Å². The summed E-state index contributed by atoms with van der Waals surface area (Å²) in [5, 5.41) is 6.08. The second kappa shape index (κ2) is 16.5. The van der Waals surface area contributed by atoms with Gasteiger partial charge in [0.1, 0.15) is 0 Å². The molecule has 1 aliphatic heterocycles. The van der Waals surface area contributed by atoms with E-state index in [1.165, 1.54) is 0 Å². The van der Waals surface area contributed by atoms with Gasteiger partial charge in [0, 0.05) is 42.8 Å². The predicted octanol–water partition coefficient (Wildman–Crippen LogP) is 4.78. The third-order valence-electron chi connectivity index (χ3n) is 5.74. The van der Waals surface area contributed by atoms with Gasteiger partial charge in [-0.25, -0.2) is 9.59 Å². The highest BCUT2D eigenvalue weighted by molar-refractivity contribution is 6.37. The molecule has 1 saturated heterocycles. The quantitative estimate of drug-likeness (QED) is 0.153. The Morgan fingerprint density at radius 1 is 0.854 bits per heavy atom. The van der Waals surface area contributed by atoms with E-state index in [1.54, 1.807) is 50.2 Å². The number of rotatable bonds is 9. The van der Waals surface area contributed by atoms with Crippen molar-refractivity contribution in [1.29, 1.82) is 0 Å². The number of esters is 2. The highest BCUT2D eigenvalue weighted by Crippen LogP contribution is 2.26. The lowest BCUT2D eigenvalue weighted by molar-refractivity contribution is -0.136. The molecule has 1 heterocycles. The van der Waals surface area contributed by atoms with Crippen molar-refractivity contribution in [2.45, 2.75) is 13.8 Å². The van der Waals surface area contributed by atoms with Crippen molar-refractivity contribution in [2.75, 3.05) is 63.3 Å². The lowest BCUT2D eigenvalue weighted by Gasteiger charge is -2.35. The fraction of sp³-hybridized carbons (Fsp3) is 0.385. The van der Waals surface area contributed by atoms with Gasteiger partial charge in [0.15, 0.2) is 0 Å². The molecule has 41 heavy (non-hydrogen) atoms. The van der Waals surface area contributed by atoms with Crippen LogP contribution in [0.25, 0.3) is 0 Å². The molecule has 2 aromatic rings. The zero-order chi connectivity index (χ0) is 29.8. The zero-order valence-electron chi connectivity index (χ0n) is 22.6. The Morgan fingerprint density at radius 2 is 1.44 bits per heavy atom. The third kappa shape index (κ3) is 10.1. The Labute approximate surface area is 258 Å². The first-order chi connectivity index (χ1) is 19.7. The van der Waals surface area contributed by atoms with Gasteiger partial charge in [-0.05, 0) is 50.2 Å². The molecule has 0 saturated carbocycles. The Hall–Kier alpha value is -2.96. The number of benzene rings is 2. The molecule has 0 bridgehead atoms. The molecule has 3 rings (SSSR count). The molecule has 0 unspecified atom stereocenters. The molecular weight excluding hydrogens is 616 g/mol. The van der Waals surface area contributed by atoms with Gasteiger partial charge >= 0.3 is 11.9 Å². The van der Waals surface area contributed by atoms with Crippen LogP contribution in [0, 0.1) is 0 Å². The first-order valence-corrected chi connectivity index (χ1v) is 14.3. The van der Waals surface area contributed by atoms with Crippen LogP contribution >= 0.6 is 46.4 Å². The summed E-state index contributed by atoms with van der Waals surface area (Å²) in [6, 6.07) is 9.82. The highest BCUT2D eigenvalue weighted by Gasteiger charge is 2.26. The van der Waals surface area contributed by atoms with Crippen molar-refractivity contribution in [2.24, 2.45) is 10.1 Å². The number of hydrazine groups is 1. The van der Waals surface area contributed by atoms with E-state index >= 15 is 0 Å². The number of ether oxygens (including phenoxy) is 2. The summed E-state index contributed by atoms with van der Waals surface area (Å²) in [5.41, 5.74) is 9.40. The summed E-state index contributed by atoms with van der Waals surface area (Å²) in [7, 11) is 0. The Balaban J connectivity index is 1.59. The van der Waals surface area contributed by atoms with E-state index in [4.69, 9.17) is 55.9 Å². The molecule has 0 spiro atoms. The van der Waals surface area contributed by atoms with Crippen molar-refractivity contribution in [3.8, 4) is 0 Å². The van der Waals surface area contributed by atoms with Crippen molar-refractivity contribution < 1.29 is 19.1 Å². The van der Waals surface area contributed by atoms with Crippen LogP contribution in [0.1, 0.15) is 13.8 Å². The second-order valence-electron chi connectivity index (χ2n) is 8.55. The first-order valence-electron chi connectivity index (χ1n) is 12.8. The van der Waals surface area contributed by atoms with Gasteiger partial charge in [-0.2, -0.15) is 0 Å². The largest absolute Gasteiger partial charge is 0.460 e. The van der Waals surface area contributed by atoms with E-state index in [2.05, 4.69) is 31.3 Å². The van der Waals surface area contributed by atoms with E-state index in [0.717, 1.165) is 0 Å². The minimum absolute atomic E-state index is 0.00371. The van der Waals surface area contributed by atoms with Crippen LogP contribution in [0.3, 0.4) is 0 Å². The molecule has 0 radical (unpaired) electrons. The number of hydrogen-bond donors (Lipinski definition) is 3. The maximum Gasteiger partial charge on any atom is 0.375 e. The van der Waals surface area contributed by atoms with Crippen LogP contribution < -0.4 is 16.3 Å². The fourth-order valence-corrected chi connectivity index (χ4v) is 4.37. The molecule has 11 nitrogen and oxygen atoms in total. The summed E-state index contributed by atoms with van der Waals surface area (Å²) < 4.78 is 10.3. The molecule has 15 heteroatoms. The molecule has 1 fully saturated rings. The van der Waals surface area contributed by atoms with Crippen LogP contribution in [0.2, 0.25) is 20.1 Å². The van der Waals surface area contributed by atoms with Gasteiger partial charge < -0.3 is 14.4 Å². The average molecular weight is 647 g/mol. The number of piperazine rings is 1. The number of hydrazone groups is 1. The van der Waals surface area contributed by atoms with Crippen molar-refractivity contribution in [3.05, 3.63) is 56.5 Å². The number of anilines is 2. The summed E-state index contributed by atoms with van der Waals surface area (Å²) in [6.45, 7) is 7.03. The molecule has 0 aromatic heterocycles. The van der Waals surface area contributed by atoms with Crippen LogP contribution in [0.4, 0.5) is 11.4 Å². The van der Waals surface area contributed by atoms with E-state index in [1.807, 2.05) is 4.90 Å². The SMILES string of the molecule is CCOC(=O)C(=NCCN1CCN(/C(=N/Nc2cc(Cl)ccc2Cl)C(=O)OCC)CC1)NNc1cc(Cl)ccc1Cl. The normalized spacial score (nSPS) is 14.4. The zero-order valence-corrected chi connectivity index (χ0v) is 25.6. The monoisotopic (exact) mass is 645 g/mol. The molecular formula is C26H31Cl4N7O4. The molecule has 1 aliphatic rings. The average Bonchev–Trinajstić information content (AvgIpc) is 2.95. The summed E-state index contributed by atoms with van der Waals surface area (Å²) >= 11 is 24.5. The summed E-state index contributed by atoms with van der Waals surface area (Å²) in [5.74, 6) is -1.01. The smallest absolute Gasteiger partial charge is 0.375 e. The molecule has 0 aliphatic carbocycles. The van der Waals surface area contributed by atoms with E-state index < -0.39 is 11.9 Å². The minimum atomic E-state index is -0.606. The number of carbonyl (C=O) groups excluding carboxylic acids is 2. The number of aliphatic imine (C=N–C) groups is 1. The molecule has 222 valence electrons. The summed E-state index contributed by atoms with van der Waals surface area (Å²) in [4.78, 5) is 33.5. The van der Waals surface area contributed by atoms with Gasteiger partial charge in [0.25, 0.3) is 0 Å². The lowest BCUT2D eigenvalue weighted by atomic mass is 10.3. The third-order valence-corrected chi connectivity index (χ3v) is 6.87. The number of halogens is 4. The topological polar surface area (TPSA) is 120 Å². The predicted molar refractivity (Wildman–Crippen MR) is 164 cm³/mol. The van der Waals surface area contributed by atoms with E-state index in [9.17, 15) is 9.59 Å². The van der Waals surface area contributed by atoms with E-state index in [0.29, 0.717) is 70.7 Å². The number of nitrogens with one attached hydrogen (secondary N) is 3. The van der Waals surface area contributed by atoms with Crippen LogP contribution in [0.15, 0.2) is 46.5 Å². The van der Waals surface area contributed by atoms with Crippen LogP contribution in [-0.4, -0.2) is 85.9 Å². The van der Waals surface area contributed by atoms with E-state index in [-0.39, 0.29) is 24.9 Å².